The van der Waals surface area contributed by atoms with Crippen molar-refractivity contribution in [2.24, 2.45) is 0 Å². The minimum atomic E-state index is -0.204. The molecule has 1 amide bonds. The first-order valence-electron chi connectivity index (χ1n) is 8.29. The maximum Gasteiger partial charge on any atom is 0.279 e. The van der Waals surface area contributed by atoms with E-state index in [1.54, 1.807) is 36.4 Å². The number of halogens is 1. The van der Waals surface area contributed by atoms with E-state index in [1.807, 2.05) is 17.0 Å². The molecule has 5 nitrogen and oxygen atoms in total. The summed E-state index contributed by atoms with van der Waals surface area (Å²) in [5.74, 6) is -0.261. The Morgan fingerprint density at radius 2 is 1.84 bits per heavy atom. The van der Waals surface area contributed by atoms with Crippen molar-refractivity contribution in [1.29, 1.82) is 5.26 Å². The highest BCUT2D eigenvalue weighted by Gasteiger charge is 2.23. The molecule has 0 saturated carbocycles. The van der Waals surface area contributed by atoms with Crippen LogP contribution >= 0.6 is 0 Å². The fourth-order valence-electron chi connectivity index (χ4n) is 3.01. The van der Waals surface area contributed by atoms with Crippen LogP contribution in [0.25, 0.3) is 0 Å². The summed E-state index contributed by atoms with van der Waals surface area (Å²) >= 11 is 0. The highest BCUT2D eigenvalue weighted by atomic mass is 19.1. The lowest BCUT2D eigenvalue weighted by molar-refractivity contribution is -0.892. The maximum atomic E-state index is 13.8. The fraction of sp³-hybridized carbons (Fsp3) is 0.263. The second-order valence-corrected chi connectivity index (χ2v) is 6.10. The molecule has 0 aromatic heterocycles. The topological polar surface area (TPSA) is 60.6 Å². The van der Waals surface area contributed by atoms with Gasteiger partial charge in [-0.25, -0.2) is 4.39 Å². The van der Waals surface area contributed by atoms with Crippen LogP contribution in [0.3, 0.4) is 0 Å². The molecule has 1 heterocycles. The number of amides is 1. The van der Waals surface area contributed by atoms with E-state index in [4.69, 9.17) is 5.26 Å². The Morgan fingerprint density at radius 1 is 1.16 bits per heavy atom. The van der Waals surface area contributed by atoms with Crippen LogP contribution in [0.2, 0.25) is 0 Å². The van der Waals surface area contributed by atoms with Gasteiger partial charge in [-0.15, -0.1) is 0 Å². The predicted molar refractivity (Wildman–Crippen MR) is 94.0 cm³/mol. The Balaban J connectivity index is 1.49. The van der Waals surface area contributed by atoms with Crippen molar-refractivity contribution >= 4 is 17.3 Å². The number of piperazine rings is 1. The smallest absolute Gasteiger partial charge is 0.279 e. The van der Waals surface area contributed by atoms with Crippen LogP contribution in [0.1, 0.15) is 5.56 Å². The monoisotopic (exact) mass is 339 g/mol. The van der Waals surface area contributed by atoms with Crippen molar-refractivity contribution < 1.29 is 14.1 Å². The van der Waals surface area contributed by atoms with Gasteiger partial charge in [-0.3, -0.25) is 4.79 Å². The van der Waals surface area contributed by atoms with Gasteiger partial charge in [0.25, 0.3) is 5.91 Å². The van der Waals surface area contributed by atoms with Gasteiger partial charge in [0.1, 0.15) is 5.82 Å². The number of rotatable bonds is 4. The molecule has 1 fully saturated rings. The van der Waals surface area contributed by atoms with Gasteiger partial charge in [-0.2, -0.15) is 5.26 Å². The molecular weight excluding hydrogens is 319 g/mol. The molecule has 0 radical (unpaired) electrons. The molecule has 1 aliphatic heterocycles. The van der Waals surface area contributed by atoms with Gasteiger partial charge >= 0.3 is 0 Å². The summed E-state index contributed by atoms with van der Waals surface area (Å²) in [4.78, 5) is 15.4. The van der Waals surface area contributed by atoms with Crippen molar-refractivity contribution in [3.8, 4) is 6.07 Å². The minimum absolute atomic E-state index is 0.0564. The van der Waals surface area contributed by atoms with E-state index < -0.39 is 0 Å². The van der Waals surface area contributed by atoms with E-state index in [1.165, 1.54) is 11.0 Å². The number of quaternary nitrogens is 1. The number of para-hydroxylation sites is 1. The molecule has 128 valence electrons. The lowest BCUT2D eigenvalue weighted by atomic mass is 10.2. The number of nitriles is 1. The van der Waals surface area contributed by atoms with E-state index in [0.717, 1.165) is 26.2 Å². The van der Waals surface area contributed by atoms with Crippen LogP contribution in [0.15, 0.2) is 48.5 Å². The second-order valence-electron chi connectivity index (χ2n) is 6.10. The average Bonchev–Trinajstić information content (AvgIpc) is 2.63. The number of nitrogens with zero attached hydrogens (tertiary/aromatic N) is 2. The van der Waals surface area contributed by atoms with Crippen LogP contribution in [-0.2, 0) is 4.79 Å². The van der Waals surface area contributed by atoms with Crippen LogP contribution in [-0.4, -0.2) is 38.6 Å². The minimum Gasteiger partial charge on any atom is -0.358 e. The molecule has 2 N–H and O–H groups in total. The van der Waals surface area contributed by atoms with Gasteiger partial charge in [0.2, 0.25) is 0 Å². The average molecular weight is 339 g/mol. The predicted octanol–water partition coefficient (Wildman–Crippen LogP) is 1.04. The summed E-state index contributed by atoms with van der Waals surface area (Å²) in [6, 6.07) is 15.6. The standard InChI is InChI=1S/C19H19FN4O/c20-17-3-1-2-4-18(17)24-11-9-23(10-12-24)14-19(25)22-16-7-5-15(13-21)6-8-16/h1-8H,9-12,14H2,(H,22,25)/p+1. The number of nitrogens with one attached hydrogen (secondary N) is 2. The van der Waals surface area contributed by atoms with Gasteiger partial charge in [-0.1, -0.05) is 12.1 Å². The lowest BCUT2D eigenvalue weighted by Crippen LogP contribution is -3.15. The molecule has 3 rings (SSSR count). The molecule has 0 atom stereocenters. The third-order valence-electron chi connectivity index (χ3n) is 4.37. The highest BCUT2D eigenvalue weighted by molar-refractivity contribution is 5.91. The SMILES string of the molecule is N#Cc1ccc(NC(=O)C[NH+]2CCN(c3ccccc3F)CC2)cc1. The zero-order valence-corrected chi connectivity index (χ0v) is 13.8. The second kappa shape index (κ2) is 7.77. The first-order valence-corrected chi connectivity index (χ1v) is 8.29. The largest absolute Gasteiger partial charge is 0.358 e. The first-order chi connectivity index (χ1) is 12.2. The summed E-state index contributed by atoms with van der Waals surface area (Å²) in [5.41, 5.74) is 1.88. The Hall–Kier alpha value is -2.91. The van der Waals surface area contributed by atoms with E-state index in [9.17, 15) is 9.18 Å². The maximum absolute atomic E-state index is 13.8. The lowest BCUT2D eigenvalue weighted by Gasteiger charge is -2.33. The van der Waals surface area contributed by atoms with Crippen molar-refractivity contribution in [2.45, 2.75) is 0 Å². The van der Waals surface area contributed by atoms with Crippen molar-refractivity contribution in [3.63, 3.8) is 0 Å². The molecule has 1 aliphatic rings. The molecule has 0 unspecified atom stereocenters. The van der Waals surface area contributed by atoms with E-state index in [-0.39, 0.29) is 11.7 Å². The summed E-state index contributed by atoms with van der Waals surface area (Å²) < 4.78 is 13.8. The Kier molecular flexibility index (Phi) is 5.26. The quantitative estimate of drug-likeness (QED) is 0.875. The molecule has 0 bridgehead atoms. The summed E-state index contributed by atoms with van der Waals surface area (Å²) in [5, 5.41) is 11.6. The molecule has 2 aromatic carbocycles. The van der Waals surface area contributed by atoms with E-state index >= 15 is 0 Å². The van der Waals surface area contributed by atoms with Gasteiger partial charge in [0.15, 0.2) is 6.54 Å². The number of carbonyl (C=O) groups is 1. The number of benzene rings is 2. The summed E-state index contributed by atoms with van der Waals surface area (Å²) in [6.07, 6.45) is 0. The van der Waals surface area contributed by atoms with E-state index in [2.05, 4.69) is 5.32 Å². The molecular formula is C19H20FN4O+. The van der Waals surface area contributed by atoms with Crippen LogP contribution in [0, 0.1) is 17.1 Å². The number of hydrogen-bond acceptors (Lipinski definition) is 3. The van der Waals surface area contributed by atoms with E-state index in [0.29, 0.717) is 23.5 Å². The van der Waals surface area contributed by atoms with Crippen LogP contribution in [0.5, 0.6) is 0 Å². The zero-order valence-electron chi connectivity index (χ0n) is 13.8. The third-order valence-corrected chi connectivity index (χ3v) is 4.37. The summed E-state index contributed by atoms with van der Waals surface area (Å²) in [6.45, 7) is 3.40. The van der Waals surface area contributed by atoms with Gasteiger partial charge < -0.3 is 15.1 Å². The molecule has 6 heteroatoms. The number of carbonyl (C=O) groups excluding carboxylic acids is 1. The molecule has 25 heavy (non-hydrogen) atoms. The van der Waals surface area contributed by atoms with Gasteiger partial charge in [0.05, 0.1) is 43.5 Å². The molecule has 1 saturated heterocycles. The van der Waals surface area contributed by atoms with Crippen LogP contribution in [0.4, 0.5) is 15.8 Å². The van der Waals surface area contributed by atoms with Crippen LogP contribution < -0.4 is 15.1 Å². The fourth-order valence-corrected chi connectivity index (χ4v) is 3.01. The van der Waals surface area contributed by atoms with Crippen molar-refractivity contribution in [2.75, 3.05) is 42.9 Å². The molecule has 0 aliphatic carbocycles. The highest BCUT2D eigenvalue weighted by Crippen LogP contribution is 2.18. The normalized spacial score (nSPS) is 14.8. The Labute approximate surface area is 146 Å². The van der Waals surface area contributed by atoms with Crippen molar-refractivity contribution in [1.82, 2.24) is 0 Å². The van der Waals surface area contributed by atoms with Gasteiger partial charge in [-0.05, 0) is 36.4 Å². The Morgan fingerprint density at radius 3 is 2.48 bits per heavy atom. The zero-order chi connectivity index (χ0) is 17.6. The number of hydrogen-bond donors (Lipinski definition) is 2. The third kappa shape index (κ3) is 4.34. The van der Waals surface area contributed by atoms with Crippen molar-refractivity contribution in [3.05, 3.63) is 59.9 Å². The number of anilines is 2. The Bertz CT molecular complexity index is 777. The molecule has 2 aromatic rings. The van der Waals surface area contributed by atoms with Gasteiger partial charge in [0, 0.05) is 5.69 Å². The summed E-state index contributed by atoms with van der Waals surface area (Å²) in [7, 11) is 0. The molecule has 0 spiro atoms. The first kappa shape index (κ1) is 16.9.